The van der Waals surface area contributed by atoms with Crippen molar-refractivity contribution in [1.82, 2.24) is 0 Å². The van der Waals surface area contributed by atoms with E-state index in [0.29, 0.717) is 0 Å². The molecule has 0 amide bonds. The summed E-state index contributed by atoms with van der Waals surface area (Å²) in [5.74, 6) is 0. The Morgan fingerprint density at radius 3 is 1.92 bits per heavy atom. The molecule has 0 aromatic rings. The van der Waals surface area contributed by atoms with Crippen molar-refractivity contribution in [3.05, 3.63) is 0 Å². The van der Waals surface area contributed by atoms with Gasteiger partial charge in [-0.15, -0.1) is 0 Å². The third kappa shape index (κ3) is 5.29. The van der Waals surface area contributed by atoms with Crippen LogP contribution < -0.4 is 0 Å². The Labute approximate surface area is 71.5 Å². The molecule has 72 valence electrons. The van der Waals surface area contributed by atoms with Crippen molar-refractivity contribution in [2.24, 2.45) is 4.40 Å². The first kappa shape index (κ1) is 11.6. The summed E-state index contributed by atoms with van der Waals surface area (Å²) in [6.45, 7) is 4.66. The lowest BCUT2D eigenvalue weighted by molar-refractivity contribution is -0.0533. The molecule has 0 N–H and O–H groups in total. The number of hydrogen-bond acceptors (Lipinski definition) is 1. The van der Waals surface area contributed by atoms with Crippen LogP contribution in [0.4, 0.5) is 13.2 Å². The monoisotopic (exact) mass is 201 g/mol. The molecule has 0 spiro atoms. The molecule has 0 aromatic heterocycles. The number of rotatable bonds is 1. The molecule has 0 aliphatic heterocycles. The first-order valence-corrected chi connectivity index (χ1v) is 4.27. The summed E-state index contributed by atoms with van der Waals surface area (Å²) >= 11 is 0. The second-order valence-electron chi connectivity index (χ2n) is 3.14. The quantitative estimate of drug-likeness (QED) is 0.597. The molecule has 0 aliphatic rings. The fraction of sp³-hybridized carbons (Fsp3) is 0.833. The third-order valence-electron chi connectivity index (χ3n) is 0.819. The van der Waals surface area contributed by atoms with E-state index in [4.69, 9.17) is 0 Å². The minimum Gasteiger partial charge on any atom is -0.234 e. The summed E-state index contributed by atoms with van der Waals surface area (Å²) in [7, 11) is -1.83. The predicted octanol–water partition coefficient (Wildman–Crippen LogP) is 2.08. The number of alkyl halides is 3. The molecule has 6 heteroatoms. The minimum atomic E-state index is -4.49. The maximum absolute atomic E-state index is 11.5. The van der Waals surface area contributed by atoms with Gasteiger partial charge >= 0.3 is 6.18 Å². The molecule has 2 nitrogen and oxygen atoms in total. The Kier molecular flexibility index (Phi) is 3.44. The molecule has 0 saturated heterocycles. The molecule has 0 aromatic carbocycles. The maximum atomic E-state index is 11.5. The van der Waals surface area contributed by atoms with Gasteiger partial charge in [-0.1, -0.05) is 0 Å². The van der Waals surface area contributed by atoms with E-state index in [1.54, 1.807) is 20.8 Å². The SMILES string of the molecule is CC(C)(C)S(=O)/N=C/C(F)(F)F. The van der Waals surface area contributed by atoms with Gasteiger partial charge in [0.25, 0.3) is 0 Å². The molecule has 0 rings (SSSR count). The molecular weight excluding hydrogens is 191 g/mol. The van der Waals surface area contributed by atoms with Crippen molar-refractivity contribution in [3.63, 3.8) is 0 Å². The van der Waals surface area contributed by atoms with Gasteiger partial charge in [0.1, 0.15) is 17.2 Å². The van der Waals surface area contributed by atoms with Gasteiger partial charge in [0.15, 0.2) is 0 Å². The van der Waals surface area contributed by atoms with Gasteiger partial charge in [-0.25, -0.2) is 4.21 Å². The average Bonchev–Trinajstić information content (AvgIpc) is 1.78. The maximum Gasteiger partial charge on any atom is 0.427 e. The van der Waals surface area contributed by atoms with Crippen LogP contribution >= 0.6 is 0 Å². The Morgan fingerprint density at radius 1 is 1.25 bits per heavy atom. The van der Waals surface area contributed by atoms with E-state index in [9.17, 15) is 17.4 Å². The lowest BCUT2D eigenvalue weighted by Gasteiger charge is -2.12. The van der Waals surface area contributed by atoms with E-state index in [2.05, 4.69) is 4.40 Å². The van der Waals surface area contributed by atoms with Gasteiger partial charge < -0.3 is 0 Å². The highest BCUT2D eigenvalue weighted by Gasteiger charge is 2.26. The minimum absolute atomic E-state index is 0.242. The fourth-order valence-electron chi connectivity index (χ4n) is 0.266. The number of hydrogen-bond donors (Lipinski definition) is 0. The standard InChI is InChI=1S/C6H10F3NOS/c1-5(2,3)12(11)10-4-6(7,8)9/h4H,1-3H3/b10-4+. The summed E-state index contributed by atoms with van der Waals surface area (Å²) < 4.78 is 47.6. The van der Waals surface area contributed by atoms with Crippen LogP contribution in [0.25, 0.3) is 0 Å². The average molecular weight is 201 g/mol. The summed E-state index contributed by atoms with van der Waals surface area (Å²) in [6, 6.07) is 0. The van der Waals surface area contributed by atoms with E-state index >= 15 is 0 Å². The van der Waals surface area contributed by atoms with Crippen molar-refractivity contribution in [2.75, 3.05) is 0 Å². The van der Waals surface area contributed by atoms with Crippen molar-refractivity contribution >= 4 is 17.2 Å². The predicted molar refractivity (Wildman–Crippen MR) is 42.4 cm³/mol. The summed E-state index contributed by atoms with van der Waals surface area (Å²) in [5.41, 5.74) is 0. The molecule has 1 atom stereocenters. The zero-order valence-electron chi connectivity index (χ0n) is 6.97. The Morgan fingerprint density at radius 2 is 1.67 bits per heavy atom. The highest BCUT2D eigenvalue weighted by molar-refractivity contribution is 7.85. The fourth-order valence-corrected chi connectivity index (χ4v) is 0.797. The van der Waals surface area contributed by atoms with E-state index in [1.165, 1.54) is 0 Å². The first-order valence-electron chi connectivity index (χ1n) is 3.17. The Bertz CT molecular complexity index is 204. The van der Waals surface area contributed by atoms with Gasteiger partial charge in [0, 0.05) is 0 Å². The first-order chi connectivity index (χ1) is 5.13. The molecular formula is C6H10F3NOS. The van der Waals surface area contributed by atoms with Crippen molar-refractivity contribution in [3.8, 4) is 0 Å². The molecule has 0 aliphatic carbocycles. The van der Waals surface area contributed by atoms with Crippen LogP contribution in [0.5, 0.6) is 0 Å². The van der Waals surface area contributed by atoms with E-state index in [1.807, 2.05) is 0 Å². The van der Waals surface area contributed by atoms with Crippen LogP contribution in [0, 0.1) is 0 Å². The van der Waals surface area contributed by atoms with Crippen LogP contribution in [0.15, 0.2) is 4.40 Å². The molecule has 0 bridgehead atoms. The third-order valence-corrected chi connectivity index (χ3v) is 2.16. The van der Waals surface area contributed by atoms with Crippen molar-refractivity contribution in [2.45, 2.75) is 31.7 Å². The molecule has 0 heterocycles. The lowest BCUT2D eigenvalue weighted by atomic mass is 10.3. The van der Waals surface area contributed by atoms with Gasteiger partial charge in [-0.05, 0) is 20.8 Å². The van der Waals surface area contributed by atoms with Crippen LogP contribution in [-0.2, 0) is 11.0 Å². The van der Waals surface area contributed by atoms with Crippen molar-refractivity contribution in [1.29, 1.82) is 0 Å². The van der Waals surface area contributed by atoms with Crippen LogP contribution in [-0.4, -0.2) is 21.3 Å². The van der Waals surface area contributed by atoms with Gasteiger partial charge in [0.05, 0.1) is 4.75 Å². The molecule has 0 saturated carbocycles. The molecule has 1 unspecified atom stereocenters. The number of nitrogens with zero attached hydrogens (tertiary/aromatic N) is 1. The van der Waals surface area contributed by atoms with Gasteiger partial charge in [0.2, 0.25) is 0 Å². The van der Waals surface area contributed by atoms with Crippen molar-refractivity contribution < 1.29 is 17.4 Å². The summed E-state index contributed by atoms with van der Waals surface area (Å²) in [5, 5.41) is 0. The van der Waals surface area contributed by atoms with Gasteiger partial charge in [-0.2, -0.15) is 17.6 Å². The second kappa shape index (κ2) is 3.55. The highest BCUT2D eigenvalue weighted by atomic mass is 32.2. The lowest BCUT2D eigenvalue weighted by Crippen LogP contribution is -2.21. The topological polar surface area (TPSA) is 29.4 Å². The van der Waals surface area contributed by atoms with Gasteiger partial charge in [-0.3, -0.25) is 0 Å². The van der Waals surface area contributed by atoms with Crippen LogP contribution in [0.2, 0.25) is 0 Å². The van der Waals surface area contributed by atoms with Crippen LogP contribution in [0.1, 0.15) is 20.8 Å². The molecule has 0 fully saturated rings. The highest BCUT2D eigenvalue weighted by Crippen LogP contribution is 2.15. The summed E-state index contributed by atoms with van der Waals surface area (Å²) in [6.07, 6.45) is -4.73. The Hall–Kier alpha value is -0.390. The Balaban J connectivity index is 4.30. The number of halogens is 3. The second-order valence-corrected chi connectivity index (χ2v) is 5.07. The van der Waals surface area contributed by atoms with E-state index in [0.717, 1.165) is 0 Å². The zero-order valence-corrected chi connectivity index (χ0v) is 7.79. The summed E-state index contributed by atoms with van der Waals surface area (Å²) in [4.78, 5) is 0. The molecule has 0 radical (unpaired) electrons. The zero-order chi connectivity index (χ0) is 9.99. The van der Waals surface area contributed by atoms with Crippen LogP contribution in [0.3, 0.4) is 0 Å². The molecule has 12 heavy (non-hydrogen) atoms. The van der Waals surface area contributed by atoms with E-state index < -0.39 is 21.9 Å². The normalized spacial score (nSPS) is 16.8. The smallest absolute Gasteiger partial charge is 0.234 e. The largest absolute Gasteiger partial charge is 0.427 e. The van der Waals surface area contributed by atoms with E-state index in [-0.39, 0.29) is 6.21 Å².